The number of thioether (sulfide) groups is 1. The van der Waals surface area contributed by atoms with Crippen LogP contribution in [0.4, 0.5) is 4.79 Å². The number of carbonyl (C=O) groups is 2. The van der Waals surface area contributed by atoms with Crippen LogP contribution >= 0.6 is 11.8 Å². The molecule has 1 saturated carbocycles. The molecule has 0 unspecified atom stereocenters. The summed E-state index contributed by atoms with van der Waals surface area (Å²) in [4.78, 5) is 23.7. The molecule has 1 aromatic carbocycles. The SMILES string of the molecule is Cc1nnc(S[C@@H](C(=O)NC(N)=O)c2ccccc2)n1C1CCCCC1. The Bertz CT molecular complexity index is 771. The fourth-order valence-corrected chi connectivity index (χ4v) is 4.54. The molecule has 3 N–H and O–H groups in total. The number of imide groups is 1. The van der Waals surface area contributed by atoms with E-state index < -0.39 is 17.2 Å². The molecular weight excluding hydrogens is 350 g/mol. The summed E-state index contributed by atoms with van der Waals surface area (Å²) >= 11 is 1.30. The van der Waals surface area contributed by atoms with Gasteiger partial charge in [0.1, 0.15) is 11.1 Å². The number of urea groups is 1. The zero-order valence-electron chi connectivity index (χ0n) is 14.7. The van der Waals surface area contributed by atoms with Crippen LogP contribution in [0.25, 0.3) is 0 Å². The number of hydrogen-bond donors (Lipinski definition) is 2. The van der Waals surface area contributed by atoms with Gasteiger partial charge in [-0.2, -0.15) is 0 Å². The second-order valence-corrected chi connectivity index (χ2v) is 7.53. The van der Waals surface area contributed by atoms with E-state index in [9.17, 15) is 9.59 Å². The summed E-state index contributed by atoms with van der Waals surface area (Å²) < 4.78 is 2.14. The molecule has 26 heavy (non-hydrogen) atoms. The first kappa shape index (κ1) is 18.4. The zero-order valence-corrected chi connectivity index (χ0v) is 15.5. The summed E-state index contributed by atoms with van der Waals surface area (Å²) in [5.41, 5.74) is 5.92. The first-order chi connectivity index (χ1) is 12.6. The molecule has 0 aliphatic heterocycles. The van der Waals surface area contributed by atoms with Gasteiger partial charge in [-0.3, -0.25) is 10.1 Å². The van der Waals surface area contributed by atoms with E-state index in [1.807, 2.05) is 37.3 Å². The van der Waals surface area contributed by atoms with E-state index in [1.54, 1.807) is 0 Å². The summed E-state index contributed by atoms with van der Waals surface area (Å²) in [6.45, 7) is 1.94. The summed E-state index contributed by atoms with van der Waals surface area (Å²) in [6, 6.07) is 8.80. The molecule has 0 radical (unpaired) electrons. The summed E-state index contributed by atoms with van der Waals surface area (Å²) in [7, 11) is 0. The summed E-state index contributed by atoms with van der Waals surface area (Å²) in [5, 5.41) is 10.8. The Kier molecular flexibility index (Phi) is 5.92. The van der Waals surface area contributed by atoms with Crippen LogP contribution in [0.1, 0.15) is 54.8 Å². The van der Waals surface area contributed by atoms with E-state index in [2.05, 4.69) is 20.1 Å². The molecule has 0 saturated heterocycles. The topological polar surface area (TPSA) is 103 Å². The van der Waals surface area contributed by atoms with Crippen LogP contribution in [0.2, 0.25) is 0 Å². The standard InChI is InChI=1S/C18H23N5O2S/c1-12-21-22-18(23(12)14-10-6-3-7-11-14)26-15(16(24)20-17(19)25)13-8-4-2-5-9-13/h2,4-5,8-9,14-15H,3,6-7,10-11H2,1H3,(H3,19,20,24,25)/t15-/m1/s1. The van der Waals surface area contributed by atoms with Crippen molar-refractivity contribution in [2.45, 2.75) is 55.5 Å². The van der Waals surface area contributed by atoms with Gasteiger partial charge in [0.05, 0.1) is 0 Å². The van der Waals surface area contributed by atoms with Crippen molar-refractivity contribution in [3.8, 4) is 0 Å². The molecule has 8 heteroatoms. The number of amides is 3. The van der Waals surface area contributed by atoms with Gasteiger partial charge in [-0.05, 0) is 25.3 Å². The first-order valence-electron chi connectivity index (χ1n) is 8.79. The monoisotopic (exact) mass is 373 g/mol. The maximum absolute atomic E-state index is 12.6. The number of rotatable bonds is 5. The Morgan fingerprint density at radius 2 is 1.88 bits per heavy atom. The van der Waals surface area contributed by atoms with E-state index in [0.29, 0.717) is 11.2 Å². The van der Waals surface area contributed by atoms with Gasteiger partial charge in [-0.25, -0.2) is 4.79 Å². The summed E-state index contributed by atoms with van der Waals surface area (Å²) in [6.07, 6.45) is 5.83. The molecular formula is C18H23N5O2S. The third kappa shape index (κ3) is 4.24. The highest BCUT2D eigenvalue weighted by atomic mass is 32.2. The minimum atomic E-state index is -0.860. The average Bonchev–Trinajstić information content (AvgIpc) is 3.01. The van der Waals surface area contributed by atoms with E-state index in [0.717, 1.165) is 24.2 Å². The van der Waals surface area contributed by atoms with Crippen molar-refractivity contribution in [2.24, 2.45) is 5.73 Å². The first-order valence-corrected chi connectivity index (χ1v) is 9.67. The molecule has 7 nitrogen and oxygen atoms in total. The van der Waals surface area contributed by atoms with Crippen LogP contribution < -0.4 is 11.1 Å². The maximum Gasteiger partial charge on any atom is 0.318 e. The molecule has 138 valence electrons. The Labute approximate surface area is 156 Å². The van der Waals surface area contributed by atoms with Crippen molar-refractivity contribution in [3.05, 3.63) is 41.7 Å². The predicted octanol–water partition coefficient (Wildman–Crippen LogP) is 3.12. The molecule has 1 aromatic heterocycles. The number of nitrogens with zero attached hydrogens (tertiary/aromatic N) is 3. The fourth-order valence-electron chi connectivity index (χ4n) is 3.38. The molecule has 2 aromatic rings. The van der Waals surface area contributed by atoms with Crippen molar-refractivity contribution < 1.29 is 9.59 Å². The Hall–Kier alpha value is -2.35. The zero-order chi connectivity index (χ0) is 18.5. The molecule has 0 bridgehead atoms. The average molecular weight is 373 g/mol. The number of primary amides is 1. The van der Waals surface area contributed by atoms with Crippen LogP contribution in [0.5, 0.6) is 0 Å². The number of nitrogens with one attached hydrogen (secondary N) is 1. The van der Waals surface area contributed by atoms with Crippen molar-refractivity contribution in [3.63, 3.8) is 0 Å². The Morgan fingerprint density at radius 3 is 2.54 bits per heavy atom. The molecule has 3 amide bonds. The molecule has 1 atom stereocenters. The molecule has 1 aliphatic carbocycles. The molecule has 1 aliphatic rings. The minimum Gasteiger partial charge on any atom is -0.351 e. The van der Waals surface area contributed by atoms with Gasteiger partial charge >= 0.3 is 6.03 Å². The lowest BCUT2D eigenvalue weighted by Crippen LogP contribution is -2.37. The highest BCUT2D eigenvalue weighted by molar-refractivity contribution is 8.00. The van der Waals surface area contributed by atoms with E-state index in [1.165, 1.54) is 31.0 Å². The fraction of sp³-hybridized carbons (Fsp3) is 0.444. The quantitative estimate of drug-likeness (QED) is 0.784. The van der Waals surface area contributed by atoms with Gasteiger partial charge in [0.2, 0.25) is 5.91 Å². The van der Waals surface area contributed by atoms with Crippen molar-refractivity contribution >= 4 is 23.7 Å². The van der Waals surface area contributed by atoms with Gasteiger partial charge in [0.15, 0.2) is 5.16 Å². The number of carbonyl (C=O) groups excluding carboxylic acids is 2. The highest BCUT2D eigenvalue weighted by Crippen LogP contribution is 2.38. The largest absolute Gasteiger partial charge is 0.351 e. The van der Waals surface area contributed by atoms with Crippen LogP contribution in [0.3, 0.4) is 0 Å². The van der Waals surface area contributed by atoms with Crippen molar-refractivity contribution in [1.29, 1.82) is 0 Å². The number of aromatic nitrogens is 3. The van der Waals surface area contributed by atoms with E-state index in [4.69, 9.17) is 5.73 Å². The third-order valence-corrected chi connectivity index (χ3v) is 5.80. The molecule has 0 spiro atoms. The Morgan fingerprint density at radius 1 is 1.19 bits per heavy atom. The van der Waals surface area contributed by atoms with Gasteiger partial charge in [-0.1, -0.05) is 61.4 Å². The predicted molar refractivity (Wildman–Crippen MR) is 99.6 cm³/mol. The number of nitrogens with two attached hydrogens (primary N) is 1. The normalized spacial score (nSPS) is 16.2. The lowest BCUT2D eigenvalue weighted by Gasteiger charge is -2.25. The lowest BCUT2D eigenvalue weighted by molar-refractivity contribution is -0.119. The molecule has 1 heterocycles. The smallest absolute Gasteiger partial charge is 0.318 e. The van der Waals surface area contributed by atoms with Crippen molar-refractivity contribution in [1.82, 2.24) is 20.1 Å². The van der Waals surface area contributed by atoms with Gasteiger partial charge in [0, 0.05) is 6.04 Å². The lowest BCUT2D eigenvalue weighted by atomic mass is 9.95. The van der Waals surface area contributed by atoms with Crippen LogP contribution in [-0.2, 0) is 4.79 Å². The number of hydrogen-bond acceptors (Lipinski definition) is 5. The second-order valence-electron chi connectivity index (χ2n) is 6.45. The summed E-state index contributed by atoms with van der Waals surface area (Å²) in [5.74, 6) is 0.395. The van der Waals surface area contributed by atoms with Crippen LogP contribution in [0.15, 0.2) is 35.5 Å². The Balaban J connectivity index is 1.90. The van der Waals surface area contributed by atoms with E-state index >= 15 is 0 Å². The maximum atomic E-state index is 12.6. The van der Waals surface area contributed by atoms with Crippen LogP contribution in [-0.4, -0.2) is 26.7 Å². The molecule has 3 rings (SSSR count). The van der Waals surface area contributed by atoms with Gasteiger partial charge in [-0.15, -0.1) is 10.2 Å². The highest BCUT2D eigenvalue weighted by Gasteiger charge is 2.28. The second kappa shape index (κ2) is 8.35. The number of aryl methyl sites for hydroxylation is 1. The van der Waals surface area contributed by atoms with Crippen molar-refractivity contribution in [2.75, 3.05) is 0 Å². The number of benzene rings is 1. The van der Waals surface area contributed by atoms with Gasteiger partial charge in [0.25, 0.3) is 0 Å². The van der Waals surface area contributed by atoms with Gasteiger partial charge < -0.3 is 10.3 Å². The third-order valence-electron chi connectivity index (χ3n) is 4.58. The molecule has 1 fully saturated rings. The van der Waals surface area contributed by atoms with E-state index in [-0.39, 0.29) is 0 Å². The van der Waals surface area contributed by atoms with Crippen LogP contribution in [0, 0.1) is 6.92 Å². The minimum absolute atomic E-state index is 0.358.